The van der Waals surface area contributed by atoms with E-state index in [0.717, 1.165) is 10.6 Å². The van der Waals surface area contributed by atoms with E-state index in [0.29, 0.717) is 22.9 Å². The van der Waals surface area contributed by atoms with Gasteiger partial charge in [0.15, 0.2) is 0 Å². The number of amides is 1. The van der Waals surface area contributed by atoms with Crippen LogP contribution in [0.15, 0.2) is 66.1 Å². The first kappa shape index (κ1) is 16.5. The Morgan fingerprint density at radius 2 is 2.04 bits per heavy atom. The number of halogens is 1. The van der Waals surface area contributed by atoms with Crippen LogP contribution in [0.4, 0.5) is 5.69 Å². The molecule has 0 saturated heterocycles. The third-order valence-corrected chi connectivity index (χ3v) is 4.49. The van der Waals surface area contributed by atoms with Gasteiger partial charge in [0.2, 0.25) is 5.91 Å². The van der Waals surface area contributed by atoms with Gasteiger partial charge in [0, 0.05) is 22.1 Å². The van der Waals surface area contributed by atoms with E-state index in [1.54, 1.807) is 41.0 Å². The summed E-state index contributed by atoms with van der Waals surface area (Å²) in [6, 6.07) is 15.3. The molecule has 1 N–H and O–H groups in total. The predicted octanol–water partition coefficient (Wildman–Crippen LogP) is 4.04. The fourth-order valence-corrected chi connectivity index (χ4v) is 3.18. The number of carbonyl (C=O) groups excluding carboxylic acids is 1. The number of anilines is 1. The Kier molecular flexibility index (Phi) is 5.51. The van der Waals surface area contributed by atoms with E-state index in [1.165, 1.54) is 6.33 Å². The van der Waals surface area contributed by atoms with Crippen molar-refractivity contribution in [1.29, 1.82) is 0 Å². The summed E-state index contributed by atoms with van der Waals surface area (Å²) in [5, 5.41) is 7.54. The molecule has 7 heteroatoms. The summed E-state index contributed by atoms with van der Waals surface area (Å²) in [4.78, 5) is 17.3. The van der Waals surface area contributed by atoms with E-state index in [1.807, 2.05) is 30.3 Å². The fraction of sp³-hybridized carbons (Fsp3) is 0.118. The van der Waals surface area contributed by atoms with E-state index in [-0.39, 0.29) is 5.91 Å². The van der Waals surface area contributed by atoms with Gasteiger partial charge < -0.3 is 5.32 Å². The zero-order chi connectivity index (χ0) is 16.8. The van der Waals surface area contributed by atoms with E-state index in [4.69, 9.17) is 11.6 Å². The highest BCUT2D eigenvalue weighted by molar-refractivity contribution is 7.99. The van der Waals surface area contributed by atoms with E-state index in [9.17, 15) is 4.79 Å². The third-order valence-electron chi connectivity index (χ3n) is 3.24. The Balaban J connectivity index is 1.63. The van der Waals surface area contributed by atoms with Crippen molar-refractivity contribution in [3.8, 4) is 5.69 Å². The normalized spacial score (nSPS) is 10.5. The van der Waals surface area contributed by atoms with Gasteiger partial charge in [0.05, 0.1) is 11.4 Å². The lowest BCUT2D eigenvalue weighted by atomic mass is 10.2. The van der Waals surface area contributed by atoms with Crippen LogP contribution in [-0.2, 0) is 4.79 Å². The van der Waals surface area contributed by atoms with Crippen LogP contribution < -0.4 is 5.32 Å². The standard InChI is InChI=1S/C17H15ClN4OS/c18-13-6-7-16(22-12-19-11-20-22)15(10-13)21-17(23)8-9-24-14-4-2-1-3-5-14/h1-7,10-12H,8-9H2,(H,21,23). The number of hydrogen-bond donors (Lipinski definition) is 1. The minimum atomic E-state index is -0.0675. The topological polar surface area (TPSA) is 59.8 Å². The predicted molar refractivity (Wildman–Crippen MR) is 96.8 cm³/mol. The van der Waals surface area contributed by atoms with Gasteiger partial charge in [-0.05, 0) is 30.3 Å². The van der Waals surface area contributed by atoms with Crippen molar-refractivity contribution in [2.75, 3.05) is 11.1 Å². The van der Waals surface area contributed by atoms with Gasteiger partial charge in [-0.25, -0.2) is 9.67 Å². The second-order valence-electron chi connectivity index (χ2n) is 4.96. The summed E-state index contributed by atoms with van der Waals surface area (Å²) < 4.78 is 1.59. The maximum absolute atomic E-state index is 12.2. The number of rotatable bonds is 6. The molecule has 0 aliphatic carbocycles. The molecule has 122 valence electrons. The van der Waals surface area contributed by atoms with Crippen molar-refractivity contribution in [2.45, 2.75) is 11.3 Å². The molecule has 0 fully saturated rings. The smallest absolute Gasteiger partial charge is 0.225 e. The van der Waals surface area contributed by atoms with Crippen molar-refractivity contribution in [1.82, 2.24) is 14.8 Å². The summed E-state index contributed by atoms with van der Waals surface area (Å²) >= 11 is 7.70. The molecule has 0 atom stereocenters. The van der Waals surface area contributed by atoms with Crippen molar-refractivity contribution in [3.63, 3.8) is 0 Å². The fourth-order valence-electron chi connectivity index (χ4n) is 2.13. The van der Waals surface area contributed by atoms with Gasteiger partial charge in [-0.3, -0.25) is 4.79 Å². The van der Waals surface area contributed by atoms with Gasteiger partial charge in [-0.15, -0.1) is 11.8 Å². The Labute approximate surface area is 149 Å². The molecule has 5 nitrogen and oxygen atoms in total. The first-order valence-corrected chi connectivity index (χ1v) is 8.71. The molecule has 0 unspecified atom stereocenters. The zero-order valence-corrected chi connectivity index (χ0v) is 14.3. The van der Waals surface area contributed by atoms with Crippen LogP contribution >= 0.6 is 23.4 Å². The highest BCUT2D eigenvalue weighted by Crippen LogP contribution is 2.24. The Hall–Kier alpha value is -2.31. The molecule has 24 heavy (non-hydrogen) atoms. The Bertz CT molecular complexity index is 809. The van der Waals surface area contributed by atoms with Crippen LogP contribution in [0.25, 0.3) is 5.69 Å². The number of benzene rings is 2. The number of nitrogens with one attached hydrogen (secondary N) is 1. The molecule has 0 aliphatic rings. The average Bonchev–Trinajstić information content (AvgIpc) is 3.10. The minimum absolute atomic E-state index is 0.0675. The highest BCUT2D eigenvalue weighted by atomic mass is 35.5. The largest absolute Gasteiger partial charge is 0.324 e. The molecule has 0 spiro atoms. The van der Waals surface area contributed by atoms with Crippen molar-refractivity contribution < 1.29 is 4.79 Å². The first-order chi connectivity index (χ1) is 11.7. The van der Waals surface area contributed by atoms with E-state index >= 15 is 0 Å². The zero-order valence-electron chi connectivity index (χ0n) is 12.7. The van der Waals surface area contributed by atoms with Crippen molar-refractivity contribution >= 4 is 35.0 Å². The van der Waals surface area contributed by atoms with Crippen molar-refractivity contribution in [2.24, 2.45) is 0 Å². The molecule has 1 aromatic heterocycles. The van der Waals surface area contributed by atoms with Crippen LogP contribution in [0, 0.1) is 0 Å². The molecule has 3 rings (SSSR count). The molecule has 1 heterocycles. The lowest BCUT2D eigenvalue weighted by Crippen LogP contribution is -2.14. The van der Waals surface area contributed by atoms with E-state index in [2.05, 4.69) is 15.4 Å². The lowest BCUT2D eigenvalue weighted by Gasteiger charge is -2.11. The van der Waals surface area contributed by atoms with Gasteiger partial charge in [0.25, 0.3) is 0 Å². The molecule has 1 amide bonds. The highest BCUT2D eigenvalue weighted by Gasteiger charge is 2.10. The summed E-state index contributed by atoms with van der Waals surface area (Å²) in [5.74, 6) is 0.636. The monoisotopic (exact) mass is 358 g/mol. The van der Waals surface area contributed by atoms with Crippen LogP contribution in [0.1, 0.15) is 6.42 Å². The van der Waals surface area contributed by atoms with Crippen LogP contribution in [0.2, 0.25) is 5.02 Å². The number of carbonyl (C=O) groups is 1. The van der Waals surface area contributed by atoms with Crippen molar-refractivity contribution in [3.05, 3.63) is 66.2 Å². The summed E-state index contributed by atoms with van der Waals surface area (Å²) in [6.07, 6.45) is 3.42. The SMILES string of the molecule is O=C(CCSc1ccccc1)Nc1cc(Cl)ccc1-n1cncn1. The molecule has 3 aromatic rings. The number of nitrogens with zero attached hydrogens (tertiary/aromatic N) is 3. The van der Waals surface area contributed by atoms with Gasteiger partial charge in [-0.2, -0.15) is 5.10 Å². The molecule has 0 aliphatic heterocycles. The number of thioether (sulfide) groups is 1. The van der Waals surface area contributed by atoms with Crippen LogP contribution in [0.5, 0.6) is 0 Å². The van der Waals surface area contributed by atoms with Crippen LogP contribution in [0.3, 0.4) is 0 Å². The van der Waals surface area contributed by atoms with Gasteiger partial charge in [0.1, 0.15) is 12.7 Å². The van der Waals surface area contributed by atoms with Gasteiger partial charge >= 0.3 is 0 Å². The van der Waals surface area contributed by atoms with E-state index < -0.39 is 0 Å². The van der Waals surface area contributed by atoms with Gasteiger partial charge in [-0.1, -0.05) is 29.8 Å². The summed E-state index contributed by atoms with van der Waals surface area (Å²) in [6.45, 7) is 0. The first-order valence-electron chi connectivity index (χ1n) is 7.34. The number of hydrogen-bond acceptors (Lipinski definition) is 4. The average molecular weight is 359 g/mol. The second kappa shape index (κ2) is 7.99. The second-order valence-corrected chi connectivity index (χ2v) is 6.57. The molecule has 2 aromatic carbocycles. The quantitative estimate of drug-likeness (QED) is 0.675. The Morgan fingerprint density at radius 3 is 2.79 bits per heavy atom. The lowest BCUT2D eigenvalue weighted by molar-refractivity contribution is -0.115. The summed E-state index contributed by atoms with van der Waals surface area (Å²) in [7, 11) is 0. The minimum Gasteiger partial charge on any atom is -0.324 e. The molecular weight excluding hydrogens is 344 g/mol. The summed E-state index contributed by atoms with van der Waals surface area (Å²) in [5.41, 5.74) is 1.34. The maximum Gasteiger partial charge on any atom is 0.225 e. The number of aromatic nitrogens is 3. The maximum atomic E-state index is 12.2. The molecular formula is C17H15ClN4OS. The third kappa shape index (κ3) is 4.37. The van der Waals surface area contributed by atoms with Crippen LogP contribution in [-0.4, -0.2) is 26.4 Å². The molecule has 0 bridgehead atoms. The molecule has 0 saturated carbocycles. The molecule has 0 radical (unpaired) electrons. The Morgan fingerprint density at radius 1 is 1.21 bits per heavy atom.